The first-order valence-electron chi connectivity index (χ1n) is 9.70. The highest BCUT2D eigenvalue weighted by molar-refractivity contribution is 5.66. The van der Waals surface area contributed by atoms with E-state index >= 15 is 0 Å². The van der Waals surface area contributed by atoms with Gasteiger partial charge in [0, 0.05) is 24.5 Å². The molecular formula is C22H21N5O. The molecule has 0 aliphatic heterocycles. The third-order valence-corrected chi connectivity index (χ3v) is 5.62. The van der Waals surface area contributed by atoms with Gasteiger partial charge in [0.1, 0.15) is 17.0 Å². The van der Waals surface area contributed by atoms with Crippen LogP contribution in [0.3, 0.4) is 0 Å². The van der Waals surface area contributed by atoms with Crippen LogP contribution in [0.5, 0.6) is 0 Å². The van der Waals surface area contributed by atoms with E-state index in [9.17, 15) is 4.79 Å². The predicted molar refractivity (Wildman–Crippen MR) is 108 cm³/mol. The molecule has 28 heavy (non-hydrogen) atoms. The summed E-state index contributed by atoms with van der Waals surface area (Å²) >= 11 is 0. The molecule has 5 rings (SSSR count). The summed E-state index contributed by atoms with van der Waals surface area (Å²) in [6.45, 7) is 1.88. The van der Waals surface area contributed by atoms with Gasteiger partial charge in [-0.2, -0.15) is 9.61 Å². The Bertz CT molecular complexity index is 1200. The van der Waals surface area contributed by atoms with E-state index in [1.165, 1.54) is 35.8 Å². The molecule has 0 unspecified atom stereocenters. The summed E-state index contributed by atoms with van der Waals surface area (Å²) in [7, 11) is 0. The number of nitrogens with one attached hydrogen (secondary N) is 1. The monoisotopic (exact) mass is 371 g/mol. The van der Waals surface area contributed by atoms with Crippen molar-refractivity contribution in [1.29, 1.82) is 0 Å². The highest BCUT2D eigenvalue weighted by atomic mass is 16.1. The molecule has 1 fully saturated rings. The molecule has 3 aromatic heterocycles. The summed E-state index contributed by atoms with van der Waals surface area (Å²) in [5.74, 6) is 0.684. The Morgan fingerprint density at radius 2 is 1.79 bits per heavy atom. The van der Waals surface area contributed by atoms with Crippen LogP contribution in [-0.4, -0.2) is 24.6 Å². The number of hydrogen-bond acceptors (Lipinski definition) is 4. The third kappa shape index (κ3) is 2.91. The fourth-order valence-corrected chi connectivity index (χ4v) is 4.12. The van der Waals surface area contributed by atoms with Crippen molar-refractivity contribution in [3.05, 3.63) is 70.4 Å². The molecule has 0 atom stereocenters. The fourth-order valence-electron chi connectivity index (χ4n) is 4.12. The van der Waals surface area contributed by atoms with Crippen LogP contribution < -0.4 is 5.56 Å². The lowest BCUT2D eigenvalue weighted by atomic mass is 9.96. The van der Waals surface area contributed by atoms with E-state index in [2.05, 4.69) is 44.3 Å². The van der Waals surface area contributed by atoms with Crippen molar-refractivity contribution in [2.45, 2.75) is 38.5 Å². The van der Waals surface area contributed by atoms with Crippen LogP contribution in [0.15, 0.2) is 53.6 Å². The second-order valence-corrected chi connectivity index (χ2v) is 7.44. The zero-order valence-corrected chi connectivity index (χ0v) is 15.7. The number of fused-ring (bicyclic) bond motifs is 1. The van der Waals surface area contributed by atoms with Gasteiger partial charge in [-0.15, -0.1) is 0 Å². The van der Waals surface area contributed by atoms with Crippen molar-refractivity contribution in [3.63, 3.8) is 0 Å². The van der Waals surface area contributed by atoms with E-state index in [1.54, 1.807) is 18.5 Å². The Kier molecular flexibility index (Phi) is 4.04. The molecule has 1 aromatic carbocycles. The molecule has 6 heteroatoms. The number of nitrogens with zero attached hydrogens (tertiary/aromatic N) is 4. The minimum atomic E-state index is -0.170. The van der Waals surface area contributed by atoms with E-state index < -0.39 is 0 Å². The number of benzene rings is 1. The molecule has 0 spiro atoms. The molecule has 0 saturated heterocycles. The zero-order chi connectivity index (χ0) is 19.1. The molecule has 1 aliphatic rings. The van der Waals surface area contributed by atoms with Crippen molar-refractivity contribution in [2.24, 2.45) is 0 Å². The molecule has 0 amide bonds. The number of aromatic amines is 1. The van der Waals surface area contributed by atoms with E-state index in [1.807, 2.05) is 13.0 Å². The van der Waals surface area contributed by atoms with Crippen molar-refractivity contribution in [1.82, 2.24) is 24.6 Å². The zero-order valence-electron chi connectivity index (χ0n) is 15.7. The predicted octanol–water partition coefficient (Wildman–Crippen LogP) is 4.11. The van der Waals surface area contributed by atoms with Gasteiger partial charge in [0.15, 0.2) is 0 Å². The van der Waals surface area contributed by atoms with Crippen molar-refractivity contribution in [3.8, 4) is 22.6 Å². The van der Waals surface area contributed by atoms with Gasteiger partial charge in [-0.3, -0.25) is 14.8 Å². The lowest BCUT2D eigenvalue weighted by molar-refractivity contribution is 0.723. The lowest BCUT2D eigenvalue weighted by Crippen LogP contribution is -2.14. The molecule has 140 valence electrons. The van der Waals surface area contributed by atoms with E-state index in [-0.39, 0.29) is 5.56 Å². The molecule has 1 N–H and O–H groups in total. The summed E-state index contributed by atoms with van der Waals surface area (Å²) in [5, 5.41) is 4.41. The Morgan fingerprint density at radius 1 is 1.04 bits per heavy atom. The van der Waals surface area contributed by atoms with Crippen molar-refractivity contribution < 1.29 is 0 Å². The van der Waals surface area contributed by atoms with Gasteiger partial charge < -0.3 is 4.98 Å². The maximum Gasteiger partial charge on any atom is 0.274 e. The number of H-pyrrole nitrogens is 1. The minimum absolute atomic E-state index is 0.170. The third-order valence-electron chi connectivity index (χ3n) is 5.62. The minimum Gasteiger partial charge on any atom is -0.339 e. The number of aryl methyl sites for hydroxylation is 1. The van der Waals surface area contributed by atoms with Crippen LogP contribution in [-0.2, 0) is 0 Å². The van der Waals surface area contributed by atoms with Gasteiger partial charge in [-0.1, -0.05) is 37.1 Å². The van der Waals surface area contributed by atoms with Crippen molar-refractivity contribution >= 4 is 5.65 Å². The Hall–Kier alpha value is -3.28. The molecule has 3 heterocycles. The van der Waals surface area contributed by atoms with Gasteiger partial charge in [-0.05, 0) is 36.8 Å². The summed E-state index contributed by atoms with van der Waals surface area (Å²) in [5.41, 5.74) is 5.75. The molecule has 1 aliphatic carbocycles. The Morgan fingerprint density at radius 3 is 2.54 bits per heavy atom. The van der Waals surface area contributed by atoms with Crippen LogP contribution in [0.25, 0.3) is 28.3 Å². The summed E-state index contributed by atoms with van der Waals surface area (Å²) < 4.78 is 1.37. The Labute approximate surface area is 162 Å². The quantitative estimate of drug-likeness (QED) is 0.588. The van der Waals surface area contributed by atoms with Gasteiger partial charge in [-0.25, -0.2) is 0 Å². The van der Waals surface area contributed by atoms with Gasteiger partial charge in [0.05, 0.1) is 11.4 Å². The second kappa shape index (κ2) is 6.71. The van der Waals surface area contributed by atoms with E-state index in [4.69, 9.17) is 0 Å². The summed E-state index contributed by atoms with van der Waals surface area (Å²) in [6, 6.07) is 12.0. The van der Waals surface area contributed by atoms with Crippen LogP contribution >= 0.6 is 0 Å². The molecule has 1 saturated carbocycles. The first-order chi connectivity index (χ1) is 13.7. The van der Waals surface area contributed by atoms with E-state index in [0.29, 0.717) is 23.0 Å². The highest BCUT2D eigenvalue weighted by Crippen LogP contribution is 2.34. The lowest BCUT2D eigenvalue weighted by Gasteiger charge is -2.10. The van der Waals surface area contributed by atoms with Crippen molar-refractivity contribution in [2.75, 3.05) is 0 Å². The molecule has 6 nitrogen and oxygen atoms in total. The SMILES string of the molecule is Cc1nccnc1-c1cc2[nH]c(-c3ccc(C4CCCC4)cc3)cc(=O)n2n1. The first kappa shape index (κ1) is 16.9. The first-order valence-corrected chi connectivity index (χ1v) is 9.70. The van der Waals surface area contributed by atoms with E-state index in [0.717, 1.165) is 17.0 Å². The van der Waals surface area contributed by atoms with Gasteiger partial charge in [0.2, 0.25) is 0 Å². The van der Waals surface area contributed by atoms with Crippen LogP contribution in [0.2, 0.25) is 0 Å². The number of aromatic nitrogens is 5. The second-order valence-electron chi connectivity index (χ2n) is 7.44. The largest absolute Gasteiger partial charge is 0.339 e. The molecule has 4 aromatic rings. The average molecular weight is 371 g/mol. The van der Waals surface area contributed by atoms with Crippen LogP contribution in [0.1, 0.15) is 42.9 Å². The maximum atomic E-state index is 12.6. The normalized spacial score (nSPS) is 14.8. The van der Waals surface area contributed by atoms with Crippen LogP contribution in [0, 0.1) is 6.92 Å². The number of rotatable bonds is 3. The maximum absolute atomic E-state index is 12.6. The molecule has 0 bridgehead atoms. The smallest absolute Gasteiger partial charge is 0.274 e. The van der Waals surface area contributed by atoms with Crippen LogP contribution in [0.4, 0.5) is 0 Å². The molecule has 0 radical (unpaired) electrons. The van der Waals surface area contributed by atoms with Gasteiger partial charge >= 0.3 is 0 Å². The topological polar surface area (TPSA) is 75.9 Å². The summed E-state index contributed by atoms with van der Waals surface area (Å²) in [4.78, 5) is 24.6. The summed E-state index contributed by atoms with van der Waals surface area (Å²) in [6.07, 6.45) is 8.49. The highest BCUT2D eigenvalue weighted by Gasteiger charge is 2.17. The fraction of sp³-hybridized carbons (Fsp3) is 0.273. The standard InChI is InChI=1S/C22H21N5O/c1-14-22(24-11-10-23-14)19-12-20-25-18(13-21(28)27(20)26-19)17-8-6-16(7-9-17)15-4-2-3-5-15/h6-13,15,25H,2-5H2,1H3. The molecular weight excluding hydrogens is 350 g/mol. The number of hydrogen-bond donors (Lipinski definition) is 1. The van der Waals surface area contributed by atoms with Gasteiger partial charge in [0.25, 0.3) is 5.56 Å². The Balaban J connectivity index is 1.54. The average Bonchev–Trinajstić information content (AvgIpc) is 3.39.